The van der Waals surface area contributed by atoms with E-state index in [9.17, 15) is 9.90 Å². The average Bonchev–Trinajstić information content (AvgIpc) is 2.73. The Morgan fingerprint density at radius 1 is 1.62 bits per heavy atom. The molecule has 0 bridgehead atoms. The molecular weight excluding hydrogens is 268 g/mol. The van der Waals surface area contributed by atoms with Crippen LogP contribution in [0.3, 0.4) is 0 Å². The second-order valence-electron chi connectivity index (χ2n) is 6.28. The van der Waals surface area contributed by atoms with E-state index in [0.717, 1.165) is 31.4 Å². The van der Waals surface area contributed by atoms with Gasteiger partial charge in [-0.1, -0.05) is 26.7 Å². The molecule has 6 nitrogen and oxygen atoms in total. The Bertz CT molecular complexity index is 526. The van der Waals surface area contributed by atoms with Crippen LogP contribution < -0.4 is 11.1 Å². The van der Waals surface area contributed by atoms with Crippen LogP contribution in [0.1, 0.15) is 55.7 Å². The SMILES string of the molecule is CCc1nn(C)c(C(=O)NC2(CO)CCCC(C)C2)c1N. The van der Waals surface area contributed by atoms with Gasteiger partial charge in [0.15, 0.2) is 0 Å². The molecule has 118 valence electrons. The number of nitrogens with zero attached hydrogens (tertiary/aromatic N) is 2. The molecule has 0 aromatic carbocycles. The highest BCUT2D eigenvalue weighted by Crippen LogP contribution is 2.32. The van der Waals surface area contributed by atoms with Gasteiger partial charge >= 0.3 is 0 Å². The highest BCUT2D eigenvalue weighted by Gasteiger charge is 2.37. The number of hydrogen-bond acceptors (Lipinski definition) is 4. The molecule has 1 aromatic rings. The van der Waals surface area contributed by atoms with Gasteiger partial charge in [0.25, 0.3) is 5.91 Å². The molecule has 1 aliphatic rings. The van der Waals surface area contributed by atoms with Gasteiger partial charge in [0.05, 0.1) is 23.5 Å². The molecule has 2 rings (SSSR count). The molecule has 0 aliphatic heterocycles. The lowest BCUT2D eigenvalue weighted by Gasteiger charge is -2.39. The summed E-state index contributed by atoms with van der Waals surface area (Å²) in [6.45, 7) is 4.07. The second-order valence-corrected chi connectivity index (χ2v) is 6.28. The number of carbonyl (C=O) groups is 1. The fourth-order valence-corrected chi connectivity index (χ4v) is 3.38. The van der Waals surface area contributed by atoms with Crippen molar-refractivity contribution in [1.82, 2.24) is 15.1 Å². The van der Waals surface area contributed by atoms with Crippen molar-refractivity contribution in [2.45, 2.75) is 51.5 Å². The minimum Gasteiger partial charge on any atom is -0.395 e. The molecule has 6 heteroatoms. The molecule has 1 amide bonds. The Kier molecular flexibility index (Phi) is 4.56. The second kappa shape index (κ2) is 6.05. The fourth-order valence-electron chi connectivity index (χ4n) is 3.38. The Morgan fingerprint density at radius 3 is 2.86 bits per heavy atom. The molecule has 1 fully saturated rings. The molecule has 2 unspecified atom stereocenters. The first-order chi connectivity index (χ1) is 9.92. The summed E-state index contributed by atoms with van der Waals surface area (Å²) >= 11 is 0. The normalized spacial score (nSPS) is 25.8. The number of aliphatic hydroxyl groups excluding tert-OH is 1. The van der Waals surface area contributed by atoms with E-state index in [0.29, 0.717) is 23.7 Å². The molecule has 1 heterocycles. The lowest BCUT2D eigenvalue weighted by atomic mass is 9.76. The van der Waals surface area contributed by atoms with Crippen LogP contribution in [-0.4, -0.2) is 32.9 Å². The first-order valence-corrected chi connectivity index (χ1v) is 7.67. The van der Waals surface area contributed by atoms with Crippen LogP contribution in [0.2, 0.25) is 0 Å². The number of hydrogen-bond donors (Lipinski definition) is 3. The summed E-state index contributed by atoms with van der Waals surface area (Å²) in [5.41, 5.74) is 7.06. The Hall–Kier alpha value is -1.56. The van der Waals surface area contributed by atoms with Crippen molar-refractivity contribution in [1.29, 1.82) is 0 Å². The highest BCUT2D eigenvalue weighted by atomic mass is 16.3. The summed E-state index contributed by atoms with van der Waals surface area (Å²) in [4.78, 5) is 12.6. The monoisotopic (exact) mass is 294 g/mol. The van der Waals surface area contributed by atoms with Gasteiger partial charge in [-0.2, -0.15) is 5.10 Å². The van der Waals surface area contributed by atoms with Gasteiger partial charge < -0.3 is 16.2 Å². The van der Waals surface area contributed by atoms with E-state index < -0.39 is 5.54 Å². The zero-order chi connectivity index (χ0) is 15.6. The van der Waals surface area contributed by atoms with Crippen molar-refractivity contribution in [2.75, 3.05) is 12.3 Å². The molecule has 1 saturated carbocycles. The Morgan fingerprint density at radius 2 is 2.33 bits per heavy atom. The smallest absolute Gasteiger partial charge is 0.272 e. The van der Waals surface area contributed by atoms with Crippen LogP contribution in [0.5, 0.6) is 0 Å². The first-order valence-electron chi connectivity index (χ1n) is 7.67. The lowest BCUT2D eigenvalue weighted by molar-refractivity contribution is 0.0690. The van der Waals surface area contributed by atoms with E-state index in [1.165, 1.54) is 4.68 Å². The van der Waals surface area contributed by atoms with Crippen LogP contribution in [0.4, 0.5) is 5.69 Å². The molecule has 1 aliphatic carbocycles. The van der Waals surface area contributed by atoms with Gasteiger partial charge in [0.1, 0.15) is 5.69 Å². The standard InChI is InChI=1S/C15H26N4O2/c1-4-11-12(16)13(19(3)18-11)14(21)17-15(9-20)7-5-6-10(2)8-15/h10,20H,4-9,16H2,1-3H3,(H,17,21). The number of aromatic nitrogens is 2. The lowest BCUT2D eigenvalue weighted by Crippen LogP contribution is -2.54. The van der Waals surface area contributed by atoms with Crippen molar-refractivity contribution in [2.24, 2.45) is 13.0 Å². The zero-order valence-corrected chi connectivity index (χ0v) is 13.1. The quantitative estimate of drug-likeness (QED) is 0.779. The predicted octanol–water partition coefficient (Wildman–Crippen LogP) is 1.24. The van der Waals surface area contributed by atoms with Gasteiger partial charge in [-0.3, -0.25) is 9.48 Å². The van der Waals surface area contributed by atoms with E-state index in [1.807, 2.05) is 6.92 Å². The van der Waals surface area contributed by atoms with Crippen molar-refractivity contribution in [3.8, 4) is 0 Å². The van der Waals surface area contributed by atoms with Crippen LogP contribution in [0.15, 0.2) is 0 Å². The number of rotatable bonds is 4. The molecule has 2 atom stereocenters. The molecule has 21 heavy (non-hydrogen) atoms. The Balaban J connectivity index is 2.22. The summed E-state index contributed by atoms with van der Waals surface area (Å²) in [6, 6.07) is 0. The molecular formula is C15H26N4O2. The van der Waals surface area contributed by atoms with Crippen LogP contribution in [-0.2, 0) is 13.5 Å². The summed E-state index contributed by atoms with van der Waals surface area (Å²) in [5.74, 6) is 0.256. The van der Waals surface area contributed by atoms with E-state index in [2.05, 4.69) is 17.3 Å². The number of nitrogens with one attached hydrogen (secondary N) is 1. The zero-order valence-electron chi connectivity index (χ0n) is 13.1. The maximum Gasteiger partial charge on any atom is 0.272 e. The van der Waals surface area contributed by atoms with Gasteiger partial charge in [0, 0.05) is 7.05 Å². The van der Waals surface area contributed by atoms with E-state index in [-0.39, 0.29) is 12.5 Å². The van der Waals surface area contributed by atoms with Crippen molar-refractivity contribution in [3.05, 3.63) is 11.4 Å². The maximum atomic E-state index is 12.6. The third kappa shape index (κ3) is 3.05. The fraction of sp³-hybridized carbons (Fsp3) is 0.733. The van der Waals surface area contributed by atoms with Crippen molar-refractivity contribution in [3.63, 3.8) is 0 Å². The minimum absolute atomic E-state index is 0.0402. The number of amides is 1. The summed E-state index contributed by atoms with van der Waals surface area (Å²) < 4.78 is 1.53. The predicted molar refractivity (Wildman–Crippen MR) is 81.9 cm³/mol. The maximum absolute atomic E-state index is 12.6. The third-order valence-electron chi connectivity index (χ3n) is 4.48. The molecule has 4 N–H and O–H groups in total. The van der Waals surface area contributed by atoms with Crippen molar-refractivity contribution < 1.29 is 9.90 Å². The van der Waals surface area contributed by atoms with Gasteiger partial charge in [0.2, 0.25) is 0 Å². The number of anilines is 1. The van der Waals surface area contributed by atoms with Crippen LogP contribution in [0, 0.1) is 5.92 Å². The average molecular weight is 294 g/mol. The number of aryl methyl sites for hydroxylation is 2. The van der Waals surface area contributed by atoms with Crippen molar-refractivity contribution >= 4 is 11.6 Å². The van der Waals surface area contributed by atoms with Crippen LogP contribution in [0.25, 0.3) is 0 Å². The number of nitrogen functional groups attached to an aromatic ring is 1. The summed E-state index contributed by atoms with van der Waals surface area (Å²) in [7, 11) is 1.72. The highest BCUT2D eigenvalue weighted by molar-refractivity contribution is 5.98. The summed E-state index contributed by atoms with van der Waals surface area (Å²) in [5, 5.41) is 17.1. The van der Waals surface area contributed by atoms with Gasteiger partial charge in [-0.25, -0.2) is 0 Å². The topological polar surface area (TPSA) is 93.2 Å². The van der Waals surface area contributed by atoms with Gasteiger partial charge in [-0.05, 0) is 25.2 Å². The number of nitrogens with two attached hydrogens (primary N) is 1. The van der Waals surface area contributed by atoms with E-state index in [1.54, 1.807) is 7.05 Å². The largest absolute Gasteiger partial charge is 0.395 e. The summed E-state index contributed by atoms with van der Waals surface area (Å²) in [6.07, 6.45) is 4.45. The van der Waals surface area contributed by atoms with E-state index >= 15 is 0 Å². The van der Waals surface area contributed by atoms with Crippen LogP contribution >= 0.6 is 0 Å². The molecule has 0 spiro atoms. The Labute approximate surface area is 125 Å². The molecule has 0 saturated heterocycles. The van der Waals surface area contributed by atoms with E-state index in [4.69, 9.17) is 5.73 Å². The van der Waals surface area contributed by atoms with Gasteiger partial charge in [-0.15, -0.1) is 0 Å². The third-order valence-corrected chi connectivity index (χ3v) is 4.48. The molecule has 1 aromatic heterocycles. The number of aliphatic hydroxyl groups is 1. The first kappa shape index (κ1) is 15.8. The minimum atomic E-state index is -0.530. The molecule has 0 radical (unpaired) electrons. The number of carbonyl (C=O) groups excluding carboxylic acids is 1.